The molecule has 1 saturated carbocycles. The number of rotatable bonds is 5. The van der Waals surface area contributed by atoms with E-state index in [9.17, 15) is 9.90 Å². The average molecular weight is 360 g/mol. The van der Waals surface area contributed by atoms with E-state index in [0.29, 0.717) is 6.54 Å². The Labute approximate surface area is 133 Å². The SMILES string of the molecule is CN(Cc1csc(Br)c1)CC1(C(=O)O)CCCCCC1. The fourth-order valence-electron chi connectivity index (χ4n) is 3.16. The summed E-state index contributed by atoms with van der Waals surface area (Å²) in [4.78, 5) is 13.9. The normalized spacial score (nSPS) is 18.9. The third-order valence-corrected chi connectivity index (χ3v) is 5.71. The molecule has 0 aromatic carbocycles. The van der Waals surface area contributed by atoms with Crippen LogP contribution in [0.3, 0.4) is 0 Å². The maximum absolute atomic E-state index is 11.8. The van der Waals surface area contributed by atoms with Crippen molar-refractivity contribution < 1.29 is 9.90 Å². The Bertz CT molecular complexity index is 452. The highest BCUT2D eigenvalue weighted by Gasteiger charge is 2.39. The van der Waals surface area contributed by atoms with Crippen LogP contribution in [-0.2, 0) is 11.3 Å². The highest BCUT2D eigenvalue weighted by Crippen LogP contribution is 2.36. The van der Waals surface area contributed by atoms with E-state index >= 15 is 0 Å². The summed E-state index contributed by atoms with van der Waals surface area (Å²) in [6.45, 7) is 1.47. The van der Waals surface area contributed by atoms with Gasteiger partial charge in [0.2, 0.25) is 0 Å². The van der Waals surface area contributed by atoms with Gasteiger partial charge in [-0.3, -0.25) is 4.79 Å². The van der Waals surface area contributed by atoms with E-state index in [1.54, 1.807) is 11.3 Å². The van der Waals surface area contributed by atoms with Gasteiger partial charge in [-0.05, 0) is 52.8 Å². The van der Waals surface area contributed by atoms with Crippen LogP contribution in [0.2, 0.25) is 0 Å². The van der Waals surface area contributed by atoms with Gasteiger partial charge in [0.05, 0.1) is 9.20 Å². The van der Waals surface area contributed by atoms with Crippen molar-refractivity contribution in [2.75, 3.05) is 13.6 Å². The Morgan fingerprint density at radius 3 is 2.55 bits per heavy atom. The predicted molar refractivity (Wildman–Crippen MR) is 86.1 cm³/mol. The smallest absolute Gasteiger partial charge is 0.310 e. The molecule has 2 rings (SSSR count). The third kappa shape index (κ3) is 4.06. The lowest BCUT2D eigenvalue weighted by Crippen LogP contribution is -2.41. The van der Waals surface area contributed by atoms with Crippen molar-refractivity contribution >= 4 is 33.2 Å². The van der Waals surface area contributed by atoms with Crippen molar-refractivity contribution in [3.63, 3.8) is 0 Å². The first kappa shape index (κ1) is 16.0. The zero-order chi connectivity index (χ0) is 14.6. The Morgan fingerprint density at radius 1 is 1.40 bits per heavy atom. The second-order valence-corrected chi connectivity index (χ2v) is 8.22. The zero-order valence-electron chi connectivity index (χ0n) is 11.9. The van der Waals surface area contributed by atoms with Crippen LogP contribution in [-0.4, -0.2) is 29.6 Å². The summed E-state index contributed by atoms with van der Waals surface area (Å²) in [5, 5.41) is 11.8. The van der Waals surface area contributed by atoms with Crippen molar-refractivity contribution in [2.45, 2.75) is 45.1 Å². The van der Waals surface area contributed by atoms with Crippen LogP contribution >= 0.6 is 27.3 Å². The number of thiophene rings is 1. The summed E-state index contributed by atoms with van der Waals surface area (Å²) in [7, 11) is 2.03. The number of carbonyl (C=O) groups is 1. The van der Waals surface area contributed by atoms with Crippen molar-refractivity contribution in [1.82, 2.24) is 4.90 Å². The molecule has 1 fully saturated rings. The first-order valence-corrected chi connectivity index (χ1v) is 8.84. The van der Waals surface area contributed by atoms with Crippen molar-refractivity contribution in [3.05, 3.63) is 20.8 Å². The molecule has 0 saturated heterocycles. The van der Waals surface area contributed by atoms with E-state index in [2.05, 4.69) is 32.3 Å². The molecular formula is C15H22BrNO2S. The lowest BCUT2D eigenvalue weighted by molar-refractivity contribution is -0.151. The molecule has 1 aromatic rings. The largest absolute Gasteiger partial charge is 0.481 e. The second kappa shape index (κ2) is 7.05. The summed E-state index contributed by atoms with van der Waals surface area (Å²) in [6.07, 6.45) is 6.08. The van der Waals surface area contributed by atoms with Crippen molar-refractivity contribution in [1.29, 1.82) is 0 Å². The summed E-state index contributed by atoms with van der Waals surface area (Å²) in [5.74, 6) is -0.613. The molecule has 3 nitrogen and oxygen atoms in total. The molecular weight excluding hydrogens is 338 g/mol. The average Bonchev–Trinajstić information content (AvgIpc) is 2.64. The Balaban J connectivity index is 2.01. The van der Waals surface area contributed by atoms with Gasteiger partial charge in [-0.1, -0.05) is 25.7 Å². The molecule has 0 amide bonds. The first-order chi connectivity index (χ1) is 9.52. The van der Waals surface area contributed by atoms with Gasteiger partial charge in [0.15, 0.2) is 0 Å². The van der Waals surface area contributed by atoms with Crippen LogP contribution in [0.15, 0.2) is 15.2 Å². The number of hydrogen-bond acceptors (Lipinski definition) is 3. The van der Waals surface area contributed by atoms with E-state index < -0.39 is 11.4 Å². The summed E-state index contributed by atoms with van der Waals surface area (Å²) < 4.78 is 1.13. The number of hydrogen-bond donors (Lipinski definition) is 1. The van der Waals surface area contributed by atoms with Gasteiger partial charge < -0.3 is 10.0 Å². The molecule has 1 aliphatic rings. The maximum Gasteiger partial charge on any atom is 0.310 e. The Hall–Kier alpha value is -0.390. The molecule has 0 aliphatic heterocycles. The lowest BCUT2D eigenvalue weighted by Gasteiger charge is -2.32. The van der Waals surface area contributed by atoms with Gasteiger partial charge in [0, 0.05) is 13.1 Å². The highest BCUT2D eigenvalue weighted by molar-refractivity contribution is 9.11. The van der Waals surface area contributed by atoms with Gasteiger partial charge in [0.1, 0.15) is 0 Å². The molecule has 1 N–H and O–H groups in total. The fraction of sp³-hybridized carbons (Fsp3) is 0.667. The van der Waals surface area contributed by atoms with E-state index in [1.165, 1.54) is 18.4 Å². The van der Waals surface area contributed by atoms with Crippen molar-refractivity contribution in [2.24, 2.45) is 5.41 Å². The van der Waals surface area contributed by atoms with Gasteiger partial charge in [-0.2, -0.15) is 0 Å². The fourth-order valence-corrected chi connectivity index (χ4v) is 4.36. The zero-order valence-corrected chi connectivity index (χ0v) is 14.3. The van der Waals surface area contributed by atoms with E-state index in [0.717, 1.165) is 36.0 Å². The molecule has 112 valence electrons. The summed E-state index contributed by atoms with van der Waals surface area (Å²) in [6, 6.07) is 2.11. The monoisotopic (exact) mass is 359 g/mol. The molecule has 1 heterocycles. The third-order valence-electron chi connectivity index (χ3n) is 4.16. The highest BCUT2D eigenvalue weighted by atomic mass is 79.9. The lowest BCUT2D eigenvalue weighted by atomic mass is 9.80. The molecule has 1 aromatic heterocycles. The van der Waals surface area contributed by atoms with Crippen LogP contribution in [0.1, 0.15) is 44.1 Å². The van der Waals surface area contributed by atoms with Crippen LogP contribution in [0.25, 0.3) is 0 Å². The van der Waals surface area contributed by atoms with Crippen molar-refractivity contribution in [3.8, 4) is 0 Å². The predicted octanol–water partition coefficient (Wildman–Crippen LogP) is 4.37. The Kier molecular flexibility index (Phi) is 5.64. The number of halogens is 1. The van der Waals surface area contributed by atoms with E-state index in [1.807, 2.05) is 7.05 Å². The number of carboxylic acid groups (broad SMARTS) is 1. The van der Waals surface area contributed by atoms with Crippen LogP contribution in [0.4, 0.5) is 0 Å². The maximum atomic E-state index is 11.8. The van der Waals surface area contributed by atoms with Gasteiger partial charge in [-0.25, -0.2) is 0 Å². The minimum atomic E-state index is -0.613. The quantitative estimate of drug-likeness (QED) is 0.793. The van der Waals surface area contributed by atoms with E-state index in [-0.39, 0.29) is 0 Å². The molecule has 5 heteroatoms. The first-order valence-electron chi connectivity index (χ1n) is 7.17. The van der Waals surface area contributed by atoms with Crippen LogP contribution < -0.4 is 0 Å². The van der Waals surface area contributed by atoms with Crippen LogP contribution in [0, 0.1) is 5.41 Å². The molecule has 20 heavy (non-hydrogen) atoms. The van der Waals surface area contributed by atoms with E-state index in [4.69, 9.17) is 0 Å². The summed E-state index contributed by atoms with van der Waals surface area (Å²) in [5.41, 5.74) is 0.705. The molecule has 0 atom stereocenters. The molecule has 0 bridgehead atoms. The minimum absolute atomic E-state index is 0.543. The minimum Gasteiger partial charge on any atom is -0.481 e. The number of nitrogens with zero attached hydrogens (tertiary/aromatic N) is 1. The van der Waals surface area contributed by atoms with Gasteiger partial charge in [0.25, 0.3) is 0 Å². The Morgan fingerprint density at radius 2 is 2.05 bits per heavy atom. The molecule has 0 radical (unpaired) electrons. The second-order valence-electron chi connectivity index (χ2n) is 5.93. The number of carboxylic acids is 1. The topological polar surface area (TPSA) is 40.5 Å². The molecule has 1 aliphatic carbocycles. The summed E-state index contributed by atoms with van der Waals surface area (Å²) >= 11 is 5.15. The van der Waals surface area contributed by atoms with Gasteiger partial charge in [-0.15, -0.1) is 11.3 Å². The van der Waals surface area contributed by atoms with Gasteiger partial charge >= 0.3 is 5.97 Å². The standard InChI is InChI=1S/C15H22BrNO2S/c1-17(9-12-8-13(16)20-10-12)11-15(14(18)19)6-4-2-3-5-7-15/h8,10H,2-7,9,11H2,1H3,(H,18,19). The number of aliphatic carboxylic acids is 1. The molecule has 0 unspecified atom stereocenters. The van der Waals surface area contributed by atoms with Crippen LogP contribution in [0.5, 0.6) is 0 Å². The molecule has 0 spiro atoms.